The van der Waals surface area contributed by atoms with Gasteiger partial charge in [-0.15, -0.1) is 0 Å². The van der Waals surface area contributed by atoms with Crippen LogP contribution < -0.4 is 4.74 Å². The van der Waals surface area contributed by atoms with Gasteiger partial charge in [-0.1, -0.05) is 35.5 Å². The third-order valence-electron chi connectivity index (χ3n) is 3.06. The van der Waals surface area contributed by atoms with Crippen LogP contribution in [0.15, 0.2) is 41.6 Å². The molecule has 0 aliphatic carbocycles. The van der Waals surface area contributed by atoms with Gasteiger partial charge in [-0.2, -0.15) is 8.42 Å². The van der Waals surface area contributed by atoms with Crippen LogP contribution in [0.4, 0.5) is 0 Å². The predicted octanol–water partition coefficient (Wildman–Crippen LogP) is 2.30. The van der Waals surface area contributed by atoms with E-state index in [1.807, 2.05) is 36.4 Å². The standard InChI is InChI=1S/C14H13NO4S/c1-20(16,17)19-15-12-8-9-18-13-7-6-10-4-2-3-5-11(10)14(12)13/h2-7H,8-9H2,1H3. The average Bonchev–Trinajstić information content (AvgIpc) is 2.44. The topological polar surface area (TPSA) is 65.0 Å². The number of hydrogen-bond acceptors (Lipinski definition) is 5. The highest BCUT2D eigenvalue weighted by molar-refractivity contribution is 7.85. The molecule has 0 spiro atoms. The number of benzene rings is 2. The number of hydrogen-bond donors (Lipinski definition) is 0. The lowest BCUT2D eigenvalue weighted by molar-refractivity contribution is 0.309. The van der Waals surface area contributed by atoms with E-state index in [1.165, 1.54) is 0 Å². The zero-order chi connectivity index (χ0) is 14.2. The Morgan fingerprint density at radius 3 is 2.80 bits per heavy atom. The Balaban J connectivity index is 2.18. The van der Waals surface area contributed by atoms with Crippen LogP contribution in [0.3, 0.4) is 0 Å². The molecule has 0 N–H and O–H groups in total. The second kappa shape index (κ2) is 4.79. The highest BCUT2D eigenvalue weighted by Crippen LogP contribution is 2.32. The van der Waals surface area contributed by atoms with Gasteiger partial charge >= 0.3 is 10.1 Å². The first-order valence-corrected chi connectivity index (χ1v) is 7.97. The molecule has 5 nitrogen and oxygen atoms in total. The summed E-state index contributed by atoms with van der Waals surface area (Å²) in [5.74, 6) is 0.700. The Labute approximate surface area is 116 Å². The lowest BCUT2D eigenvalue weighted by Crippen LogP contribution is -2.17. The normalized spacial score (nSPS) is 16.8. The fraction of sp³-hybridized carbons (Fsp3) is 0.214. The van der Waals surface area contributed by atoms with Gasteiger partial charge in [-0.3, -0.25) is 4.28 Å². The maximum atomic E-state index is 11.1. The van der Waals surface area contributed by atoms with Gasteiger partial charge in [0.25, 0.3) is 0 Å². The minimum Gasteiger partial charge on any atom is -0.492 e. The number of ether oxygens (including phenoxy) is 1. The van der Waals surface area contributed by atoms with Crippen LogP contribution in [0.2, 0.25) is 0 Å². The third kappa shape index (κ3) is 2.46. The molecule has 104 valence electrons. The average molecular weight is 291 g/mol. The smallest absolute Gasteiger partial charge is 0.325 e. The molecule has 0 atom stereocenters. The fourth-order valence-corrected chi connectivity index (χ4v) is 2.48. The fourth-order valence-electron chi connectivity index (χ4n) is 2.26. The van der Waals surface area contributed by atoms with Crippen molar-refractivity contribution in [2.24, 2.45) is 5.16 Å². The highest BCUT2D eigenvalue weighted by Gasteiger charge is 2.20. The number of fused-ring (bicyclic) bond motifs is 3. The summed E-state index contributed by atoms with van der Waals surface area (Å²) in [6, 6.07) is 11.6. The van der Waals surface area contributed by atoms with Gasteiger partial charge in [0.1, 0.15) is 5.75 Å². The second-order valence-corrected chi connectivity index (χ2v) is 6.13. The molecule has 0 radical (unpaired) electrons. The van der Waals surface area contributed by atoms with Gasteiger partial charge in [0, 0.05) is 12.0 Å². The summed E-state index contributed by atoms with van der Waals surface area (Å²) in [7, 11) is -3.61. The van der Waals surface area contributed by atoms with Gasteiger partial charge in [0.15, 0.2) is 0 Å². The molecule has 0 saturated heterocycles. The van der Waals surface area contributed by atoms with Gasteiger partial charge in [-0.05, 0) is 16.8 Å². The van der Waals surface area contributed by atoms with Crippen molar-refractivity contribution in [3.8, 4) is 5.75 Å². The van der Waals surface area contributed by atoms with Crippen molar-refractivity contribution in [3.63, 3.8) is 0 Å². The SMILES string of the molecule is CS(=O)(=O)ON=C1CCOc2ccc3ccccc3c21. The van der Waals surface area contributed by atoms with Crippen molar-refractivity contribution in [1.29, 1.82) is 0 Å². The van der Waals surface area contributed by atoms with Crippen molar-refractivity contribution >= 4 is 26.6 Å². The largest absolute Gasteiger partial charge is 0.492 e. The van der Waals surface area contributed by atoms with E-state index in [9.17, 15) is 8.42 Å². The quantitative estimate of drug-likeness (QED) is 0.796. The Hall–Kier alpha value is -2.08. The van der Waals surface area contributed by atoms with Crippen LogP contribution >= 0.6 is 0 Å². The summed E-state index contributed by atoms with van der Waals surface area (Å²) in [5, 5.41) is 5.81. The monoisotopic (exact) mass is 291 g/mol. The lowest BCUT2D eigenvalue weighted by atomic mass is 9.97. The van der Waals surface area contributed by atoms with E-state index in [-0.39, 0.29) is 0 Å². The van der Waals surface area contributed by atoms with Crippen LogP contribution in [0.1, 0.15) is 12.0 Å². The van der Waals surface area contributed by atoms with E-state index in [4.69, 9.17) is 4.74 Å². The molecule has 1 heterocycles. The Kier molecular flexibility index (Phi) is 3.10. The molecule has 1 aliphatic heterocycles. The van der Waals surface area contributed by atoms with Gasteiger partial charge in [0.2, 0.25) is 0 Å². The maximum Gasteiger partial charge on any atom is 0.325 e. The molecule has 1 aliphatic rings. The van der Waals surface area contributed by atoms with Crippen molar-refractivity contribution in [2.75, 3.05) is 12.9 Å². The molecule has 0 fully saturated rings. The molecule has 0 aromatic heterocycles. The zero-order valence-corrected chi connectivity index (χ0v) is 11.7. The number of nitrogens with zero attached hydrogens (tertiary/aromatic N) is 1. The number of rotatable bonds is 2. The van der Waals surface area contributed by atoms with Crippen LogP contribution in [-0.4, -0.2) is 27.0 Å². The minimum absolute atomic E-state index is 0.456. The van der Waals surface area contributed by atoms with Crippen molar-refractivity contribution < 1.29 is 17.4 Å². The molecular formula is C14H13NO4S. The van der Waals surface area contributed by atoms with Crippen LogP contribution in [0.25, 0.3) is 10.8 Å². The molecule has 6 heteroatoms. The van der Waals surface area contributed by atoms with E-state index in [0.717, 1.165) is 22.6 Å². The summed E-state index contributed by atoms with van der Waals surface area (Å²) in [5.41, 5.74) is 1.39. The zero-order valence-electron chi connectivity index (χ0n) is 10.9. The Morgan fingerprint density at radius 2 is 2.00 bits per heavy atom. The molecule has 0 amide bonds. The first kappa shape index (κ1) is 12.9. The molecule has 0 unspecified atom stereocenters. The van der Waals surface area contributed by atoms with E-state index < -0.39 is 10.1 Å². The first-order valence-electron chi connectivity index (χ1n) is 6.15. The Bertz CT molecular complexity index is 796. The molecular weight excluding hydrogens is 278 g/mol. The first-order chi connectivity index (χ1) is 9.54. The van der Waals surface area contributed by atoms with E-state index in [0.29, 0.717) is 24.5 Å². The summed E-state index contributed by atoms with van der Waals surface area (Å²) in [4.78, 5) is 0. The number of oxime groups is 1. The van der Waals surface area contributed by atoms with E-state index in [2.05, 4.69) is 9.44 Å². The minimum atomic E-state index is -3.61. The highest BCUT2D eigenvalue weighted by atomic mass is 32.2. The van der Waals surface area contributed by atoms with Crippen molar-refractivity contribution in [2.45, 2.75) is 6.42 Å². The second-order valence-electron chi connectivity index (χ2n) is 4.57. The molecule has 3 rings (SSSR count). The summed E-state index contributed by atoms with van der Waals surface area (Å²) >= 11 is 0. The van der Waals surface area contributed by atoms with Crippen LogP contribution in [0, 0.1) is 0 Å². The maximum absolute atomic E-state index is 11.1. The molecule has 0 bridgehead atoms. The van der Waals surface area contributed by atoms with Gasteiger partial charge < -0.3 is 4.74 Å². The molecule has 2 aromatic rings. The van der Waals surface area contributed by atoms with E-state index >= 15 is 0 Å². The van der Waals surface area contributed by atoms with Crippen LogP contribution in [-0.2, 0) is 14.4 Å². The van der Waals surface area contributed by atoms with Gasteiger partial charge in [-0.25, -0.2) is 0 Å². The van der Waals surface area contributed by atoms with E-state index in [1.54, 1.807) is 0 Å². The Morgan fingerprint density at radius 1 is 1.20 bits per heavy atom. The van der Waals surface area contributed by atoms with Crippen LogP contribution in [0.5, 0.6) is 5.75 Å². The third-order valence-corrected chi connectivity index (χ3v) is 3.40. The predicted molar refractivity (Wildman–Crippen MR) is 76.5 cm³/mol. The summed E-state index contributed by atoms with van der Waals surface area (Å²) in [6.45, 7) is 0.456. The molecule has 0 saturated carbocycles. The summed E-state index contributed by atoms with van der Waals surface area (Å²) < 4.78 is 32.4. The van der Waals surface area contributed by atoms with Crippen molar-refractivity contribution in [1.82, 2.24) is 0 Å². The van der Waals surface area contributed by atoms with Gasteiger partial charge in [0.05, 0.1) is 18.6 Å². The molecule has 2 aromatic carbocycles. The summed E-state index contributed by atoms with van der Waals surface area (Å²) in [6.07, 6.45) is 1.48. The molecule has 20 heavy (non-hydrogen) atoms. The lowest BCUT2D eigenvalue weighted by Gasteiger charge is -2.20. The van der Waals surface area contributed by atoms with Crippen molar-refractivity contribution in [3.05, 3.63) is 42.0 Å².